The molecule has 1 N–H and O–H groups in total. The first-order valence-corrected chi connectivity index (χ1v) is 9.52. The van der Waals surface area contributed by atoms with Crippen LogP contribution in [0.1, 0.15) is 57.8 Å². The zero-order valence-corrected chi connectivity index (χ0v) is 14.5. The summed E-state index contributed by atoms with van der Waals surface area (Å²) in [7, 11) is -3.52. The molecule has 8 nitrogen and oxygen atoms in total. The Balaban J connectivity index is 1.61. The van der Waals surface area contributed by atoms with E-state index in [4.69, 9.17) is 9.26 Å². The minimum atomic E-state index is -3.52. The highest BCUT2D eigenvalue weighted by molar-refractivity contribution is 7.87. The van der Waals surface area contributed by atoms with Gasteiger partial charge < -0.3 is 9.26 Å². The van der Waals surface area contributed by atoms with Crippen molar-refractivity contribution in [3.63, 3.8) is 0 Å². The topological polar surface area (TPSA) is 97.6 Å². The van der Waals surface area contributed by atoms with Gasteiger partial charge in [0, 0.05) is 12.6 Å². The van der Waals surface area contributed by atoms with Gasteiger partial charge in [0.2, 0.25) is 0 Å². The Morgan fingerprint density at radius 1 is 1.39 bits per heavy atom. The quantitative estimate of drug-likeness (QED) is 0.802. The van der Waals surface area contributed by atoms with Gasteiger partial charge in [0.25, 0.3) is 16.1 Å². The molecule has 2 aliphatic rings. The Hall–Kier alpha value is -1.03. The van der Waals surface area contributed by atoms with Gasteiger partial charge in [0.05, 0.1) is 12.1 Å². The third-order valence-electron chi connectivity index (χ3n) is 4.40. The second-order valence-electron chi connectivity index (χ2n) is 6.65. The molecule has 1 aliphatic heterocycles. The Morgan fingerprint density at radius 3 is 2.78 bits per heavy atom. The first-order chi connectivity index (χ1) is 10.8. The molecule has 1 aromatic rings. The highest BCUT2D eigenvalue weighted by Gasteiger charge is 2.44. The lowest BCUT2D eigenvalue weighted by Crippen LogP contribution is -2.45. The van der Waals surface area contributed by atoms with E-state index < -0.39 is 16.3 Å². The summed E-state index contributed by atoms with van der Waals surface area (Å²) in [5.41, 5.74) is 0. The normalized spacial score (nSPS) is 26.3. The van der Waals surface area contributed by atoms with Gasteiger partial charge >= 0.3 is 0 Å². The average molecular weight is 344 g/mol. The first kappa shape index (κ1) is 16.8. The molecule has 2 fully saturated rings. The second-order valence-corrected chi connectivity index (χ2v) is 8.31. The smallest absolute Gasteiger partial charge is 0.280 e. The van der Waals surface area contributed by atoms with Crippen molar-refractivity contribution in [2.24, 2.45) is 5.92 Å². The number of ether oxygens (including phenoxy) is 1. The maximum atomic E-state index is 12.5. The van der Waals surface area contributed by atoms with Gasteiger partial charge in [-0.3, -0.25) is 0 Å². The second kappa shape index (κ2) is 6.46. The minimum Gasteiger partial charge on any atom is -0.369 e. The zero-order chi connectivity index (χ0) is 16.6. The van der Waals surface area contributed by atoms with E-state index in [1.54, 1.807) is 11.2 Å². The van der Waals surface area contributed by atoms with E-state index in [0.29, 0.717) is 24.2 Å². The van der Waals surface area contributed by atoms with E-state index in [9.17, 15) is 8.42 Å². The molecule has 0 aromatic carbocycles. The van der Waals surface area contributed by atoms with Gasteiger partial charge in [-0.05, 0) is 46.0 Å². The summed E-state index contributed by atoms with van der Waals surface area (Å²) in [6, 6.07) is -0.402. The lowest BCUT2D eigenvalue weighted by molar-refractivity contribution is 0.0485. The Kier molecular flexibility index (Phi) is 4.73. The van der Waals surface area contributed by atoms with Gasteiger partial charge in [0.1, 0.15) is 6.61 Å². The molecule has 3 unspecified atom stereocenters. The van der Waals surface area contributed by atoms with Gasteiger partial charge in [-0.15, -0.1) is 0 Å². The molecule has 23 heavy (non-hydrogen) atoms. The highest BCUT2D eigenvalue weighted by Crippen LogP contribution is 2.38. The Bertz CT molecular complexity index is 645. The van der Waals surface area contributed by atoms with Crippen LogP contribution >= 0.6 is 0 Å². The molecule has 1 aliphatic carbocycles. The largest absolute Gasteiger partial charge is 0.369 e. The van der Waals surface area contributed by atoms with Crippen molar-refractivity contribution in [3.05, 3.63) is 11.7 Å². The van der Waals surface area contributed by atoms with E-state index in [2.05, 4.69) is 14.9 Å². The van der Waals surface area contributed by atoms with E-state index in [1.807, 2.05) is 13.8 Å². The van der Waals surface area contributed by atoms with Crippen molar-refractivity contribution < 1.29 is 17.7 Å². The third-order valence-corrected chi connectivity index (χ3v) is 6.12. The van der Waals surface area contributed by atoms with Crippen LogP contribution in [0.15, 0.2) is 4.52 Å². The SMILES string of the molecule is CC(C)OCc1nc(C(C)NS(=O)(=O)N2CC3CCC2C3)no1. The molecule has 3 rings (SSSR count). The molecule has 130 valence electrons. The number of rotatable bonds is 7. The monoisotopic (exact) mass is 344 g/mol. The van der Waals surface area contributed by atoms with Crippen LogP contribution in [0.25, 0.3) is 0 Å². The number of aromatic nitrogens is 2. The molecule has 2 bridgehead atoms. The standard InChI is InChI=1S/C14H24N4O4S/c1-9(2)21-8-13-15-14(16-22-13)10(3)17-23(19,20)18-7-11-4-5-12(18)6-11/h9-12,17H,4-8H2,1-3H3. The fraction of sp³-hybridized carbons (Fsp3) is 0.857. The van der Waals surface area contributed by atoms with Crippen LogP contribution in [-0.2, 0) is 21.6 Å². The molecule has 0 radical (unpaired) electrons. The highest BCUT2D eigenvalue weighted by atomic mass is 32.2. The van der Waals surface area contributed by atoms with Gasteiger partial charge in [-0.25, -0.2) is 0 Å². The molecule has 0 amide bonds. The van der Waals surface area contributed by atoms with Crippen molar-refractivity contribution in [1.29, 1.82) is 0 Å². The molecule has 3 atom stereocenters. The van der Waals surface area contributed by atoms with Gasteiger partial charge in [-0.2, -0.15) is 22.4 Å². The summed E-state index contributed by atoms with van der Waals surface area (Å²) < 4.78 is 39.8. The van der Waals surface area contributed by atoms with Gasteiger partial charge in [0.15, 0.2) is 5.82 Å². The van der Waals surface area contributed by atoms with Crippen molar-refractivity contribution in [3.8, 4) is 0 Å². The van der Waals surface area contributed by atoms with E-state index >= 15 is 0 Å². The van der Waals surface area contributed by atoms with Crippen LogP contribution in [0.3, 0.4) is 0 Å². The van der Waals surface area contributed by atoms with Crippen molar-refractivity contribution in [2.75, 3.05) is 6.54 Å². The van der Waals surface area contributed by atoms with E-state index in [0.717, 1.165) is 19.3 Å². The molecule has 1 aromatic heterocycles. The number of piperidine rings is 1. The number of hydrogen-bond acceptors (Lipinski definition) is 6. The fourth-order valence-corrected chi connectivity index (χ4v) is 4.94. The molecular weight excluding hydrogens is 320 g/mol. The van der Waals surface area contributed by atoms with Crippen LogP contribution in [0.4, 0.5) is 0 Å². The van der Waals surface area contributed by atoms with Crippen molar-refractivity contribution in [1.82, 2.24) is 19.2 Å². The van der Waals surface area contributed by atoms with E-state index in [-0.39, 0.29) is 18.8 Å². The number of nitrogens with zero attached hydrogens (tertiary/aromatic N) is 3. The van der Waals surface area contributed by atoms with Crippen LogP contribution in [0.2, 0.25) is 0 Å². The zero-order valence-electron chi connectivity index (χ0n) is 13.7. The van der Waals surface area contributed by atoms with Crippen molar-refractivity contribution in [2.45, 2.75) is 64.8 Å². The molecule has 1 saturated carbocycles. The number of nitrogens with one attached hydrogen (secondary N) is 1. The average Bonchev–Trinajstić information content (AvgIpc) is 3.20. The van der Waals surface area contributed by atoms with Crippen LogP contribution in [-0.4, -0.2) is 41.6 Å². The third kappa shape index (κ3) is 3.73. The summed E-state index contributed by atoms with van der Waals surface area (Å²) in [4.78, 5) is 4.19. The first-order valence-electron chi connectivity index (χ1n) is 8.08. The molecule has 0 spiro atoms. The number of hydrogen-bond donors (Lipinski definition) is 1. The lowest BCUT2D eigenvalue weighted by Gasteiger charge is -2.27. The maximum absolute atomic E-state index is 12.5. The van der Waals surface area contributed by atoms with Crippen LogP contribution in [0, 0.1) is 5.92 Å². The predicted molar refractivity (Wildman–Crippen MR) is 82.5 cm³/mol. The predicted octanol–water partition coefficient (Wildman–Crippen LogP) is 1.37. The molecule has 1 saturated heterocycles. The summed E-state index contributed by atoms with van der Waals surface area (Å²) in [6.45, 7) is 6.38. The molecule has 2 heterocycles. The van der Waals surface area contributed by atoms with Crippen molar-refractivity contribution >= 4 is 10.2 Å². The molecule has 9 heteroatoms. The minimum absolute atomic E-state index is 0.0619. The summed E-state index contributed by atoms with van der Waals surface area (Å²) in [5.74, 6) is 1.18. The van der Waals surface area contributed by atoms with Gasteiger partial charge in [-0.1, -0.05) is 5.16 Å². The Morgan fingerprint density at radius 2 is 2.17 bits per heavy atom. The van der Waals surface area contributed by atoms with E-state index in [1.165, 1.54) is 0 Å². The summed E-state index contributed by atoms with van der Waals surface area (Å²) in [5, 5.41) is 3.84. The van der Waals surface area contributed by atoms with Crippen LogP contribution in [0.5, 0.6) is 0 Å². The Labute approximate surface area is 136 Å². The number of fused-ring (bicyclic) bond motifs is 2. The summed E-state index contributed by atoms with van der Waals surface area (Å²) >= 11 is 0. The fourth-order valence-electron chi connectivity index (χ4n) is 3.26. The molecular formula is C14H24N4O4S. The maximum Gasteiger partial charge on any atom is 0.280 e. The lowest BCUT2D eigenvalue weighted by atomic mass is 10.1. The summed E-state index contributed by atoms with van der Waals surface area (Å²) in [6.07, 6.45) is 3.13. The van der Waals surface area contributed by atoms with Crippen LogP contribution < -0.4 is 4.72 Å².